The molecular formula is C42H24N4OS. The summed E-state index contributed by atoms with van der Waals surface area (Å²) >= 11 is 1.81. The van der Waals surface area contributed by atoms with Crippen molar-refractivity contribution in [1.82, 2.24) is 18.9 Å². The molecule has 0 unspecified atom stereocenters. The Balaban J connectivity index is 1.23. The Morgan fingerprint density at radius 3 is 2.19 bits per heavy atom. The molecule has 0 spiro atoms. The van der Waals surface area contributed by atoms with Crippen LogP contribution >= 0.6 is 11.3 Å². The Bertz CT molecular complexity index is 3090. The van der Waals surface area contributed by atoms with Crippen molar-refractivity contribution in [3.05, 3.63) is 146 Å². The van der Waals surface area contributed by atoms with Gasteiger partial charge in [0.15, 0.2) is 5.58 Å². The molecule has 6 heteroatoms. The highest BCUT2D eigenvalue weighted by molar-refractivity contribution is 7.26. The summed E-state index contributed by atoms with van der Waals surface area (Å²) < 4.78 is 13.3. The molecular weight excluding hydrogens is 609 g/mol. The normalized spacial score (nSPS) is 12.2. The maximum absolute atomic E-state index is 6.26. The molecule has 0 saturated heterocycles. The molecule has 0 aliphatic heterocycles. The van der Waals surface area contributed by atoms with Crippen molar-refractivity contribution in [2.24, 2.45) is 0 Å². The molecule has 0 amide bonds. The molecule has 224 valence electrons. The average molecular weight is 633 g/mol. The number of benzene rings is 6. The summed E-state index contributed by atoms with van der Waals surface area (Å²) in [5, 5.41) is 4.85. The molecule has 5 heterocycles. The summed E-state index contributed by atoms with van der Waals surface area (Å²) in [6, 6.07) is 49.3. The minimum absolute atomic E-state index is 0.594. The first-order valence-corrected chi connectivity index (χ1v) is 16.8. The highest BCUT2D eigenvalue weighted by Gasteiger charge is 2.23. The lowest BCUT2D eigenvalue weighted by Crippen LogP contribution is -1.99. The van der Waals surface area contributed by atoms with Gasteiger partial charge in [0.2, 0.25) is 0 Å². The summed E-state index contributed by atoms with van der Waals surface area (Å²) in [6.45, 7) is 0. The number of oxazole rings is 1. The fraction of sp³-hybridized carbons (Fsp3) is 0. The topological polar surface area (TPSA) is 48.3 Å². The van der Waals surface area contributed by atoms with Gasteiger partial charge in [0.1, 0.15) is 5.52 Å². The van der Waals surface area contributed by atoms with E-state index in [0.717, 1.165) is 66.6 Å². The molecule has 0 aliphatic rings. The zero-order valence-corrected chi connectivity index (χ0v) is 26.3. The van der Waals surface area contributed by atoms with Gasteiger partial charge in [-0.1, -0.05) is 91.0 Å². The molecule has 0 aliphatic carbocycles. The van der Waals surface area contributed by atoms with E-state index in [4.69, 9.17) is 14.4 Å². The number of aromatic nitrogens is 4. The van der Waals surface area contributed by atoms with Crippen LogP contribution in [0.1, 0.15) is 0 Å². The van der Waals surface area contributed by atoms with Crippen LogP contribution in [0.25, 0.3) is 98.0 Å². The van der Waals surface area contributed by atoms with E-state index in [9.17, 15) is 0 Å². The molecule has 0 bridgehead atoms. The number of para-hydroxylation sites is 4. The van der Waals surface area contributed by atoms with Gasteiger partial charge >= 0.3 is 5.84 Å². The van der Waals surface area contributed by atoms with Gasteiger partial charge in [-0.3, -0.25) is 9.38 Å². The number of hydrogen-bond acceptors (Lipinski definition) is 4. The molecule has 5 aromatic heterocycles. The first-order chi connectivity index (χ1) is 23.8. The van der Waals surface area contributed by atoms with Crippen LogP contribution in [-0.2, 0) is 0 Å². The Kier molecular flexibility index (Phi) is 5.20. The maximum atomic E-state index is 6.26. The van der Waals surface area contributed by atoms with Crippen molar-refractivity contribution in [3.63, 3.8) is 0 Å². The number of thiophene rings is 1. The summed E-state index contributed by atoms with van der Waals surface area (Å²) in [4.78, 5) is 10.2. The standard InChI is InChI=1S/C42H24N4OS/c1-2-15-29(38-41-31(23-24-43-38)28-14-5-10-20-37(28)48-41)25(11-1)26-12-3-6-16-32(26)45-33-17-7-4-13-27(33)30-21-22-35-39(40(30)45)44-42-46(35)34-18-8-9-19-36(34)47-42/h1-24H. The first-order valence-electron chi connectivity index (χ1n) is 16.0. The summed E-state index contributed by atoms with van der Waals surface area (Å²) in [6.07, 6.45) is 1.95. The number of hydrogen-bond donors (Lipinski definition) is 0. The van der Waals surface area contributed by atoms with Crippen LogP contribution in [0, 0.1) is 0 Å². The predicted octanol–water partition coefficient (Wildman–Crippen LogP) is 11.4. The van der Waals surface area contributed by atoms with E-state index in [2.05, 4.69) is 130 Å². The van der Waals surface area contributed by atoms with E-state index in [1.165, 1.54) is 25.6 Å². The van der Waals surface area contributed by atoms with Crippen molar-refractivity contribution in [1.29, 1.82) is 0 Å². The van der Waals surface area contributed by atoms with Crippen LogP contribution in [0.4, 0.5) is 0 Å². The van der Waals surface area contributed by atoms with E-state index in [-0.39, 0.29) is 0 Å². The van der Waals surface area contributed by atoms with Gasteiger partial charge in [-0.05, 0) is 54.1 Å². The number of imidazole rings is 1. The SMILES string of the molecule is c1ccc(-c2nccc3c2sc2ccccc23)c(-c2ccccc2-n2c3ccccc3c3ccc4c(nc5oc6ccccc6n54)c32)c1. The highest BCUT2D eigenvalue weighted by Crippen LogP contribution is 2.44. The third-order valence-corrected chi connectivity index (χ3v) is 10.8. The zero-order chi connectivity index (χ0) is 31.3. The molecule has 11 aromatic rings. The van der Waals surface area contributed by atoms with Crippen LogP contribution in [0.2, 0.25) is 0 Å². The Morgan fingerprint density at radius 2 is 1.27 bits per heavy atom. The molecule has 0 radical (unpaired) electrons. The van der Waals surface area contributed by atoms with Crippen molar-refractivity contribution < 1.29 is 4.42 Å². The van der Waals surface area contributed by atoms with Gasteiger partial charge in [0.05, 0.1) is 38.1 Å². The highest BCUT2D eigenvalue weighted by atomic mass is 32.1. The molecule has 0 atom stereocenters. The maximum Gasteiger partial charge on any atom is 0.307 e. The van der Waals surface area contributed by atoms with E-state index in [1.807, 2.05) is 35.7 Å². The van der Waals surface area contributed by atoms with Gasteiger partial charge in [0, 0.05) is 43.6 Å². The van der Waals surface area contributed by atoms with Crippen LogP contribution in [0.3, 0.4) is 0 Å². The predicted molar refractivity (Wildman–Crippen MR) is 198 cm³/mol. The van der Waals surface area contributed by atoms with E-state index in [1.54, 1.807) is 0 Å². The molecule has 5 nitrogen and oxygen atoms in total. The number of rotatable bonds is 3. The van der Waals surface area contributed by atoms with Crippen LogP contribution < -0.4 is 0 Å². The Morgan fingerprint density at radius 1 is 0.542 bits per heavy atom. The lowest BCUT2D eigenvalue weighted by Gasteiger charge is -2.17. The quantitative estimate of drug-likeness (QED) is 0.195. The van der Waals surface area contributed by atoms with Gasteiger partial charge in [-0.2, -0.15) is 4.98 Å². The number of fused-ring (bicyclic) bond motifs is 12. The monoisotopic (exact) mass is 632 g/mol. The molecule has 6 aromatic carbocycles. The summed E-state index contributed by atoms with van der Waals surface area (Å²) in [5.74, 6) is 0.594. The van der Waals surface area contributed by atoms with Crippen molar-refractivity contribution in [2.75, 3.05) is 0 Å². The first kappa shape index (κ1) is 25.9. The van der Waals surface area contributed by atoms with Crippen molar-refractivity contribution >= 4 is 81.3 Å². The largest absolute Gasteiger partial charge is 0.423 e. The minimum Gasteiger partial charge on any atom is -0.423 e. The van der Waals surface area contributed by atoms with E-state index >= 15 is 0 Å². The third-order valence-electron chi connectivity index (χ3n) is 9.65. The number of pyridine rings is 1. The van der Waals surface area contributed by atoms with Crippen LogP contribution in [0.15, 0.2) is 150 Å². The van der Waals surface area contributed by atoms with Gasteiger partial charge < -0.3 is 8.98 Å². The third kappa shape index (κ3) is 3.44. The second kappa shape index (κ2) is 9.64. The lowest BCUT2D eigenvalue weighted by atomic mass is 9.95. The number of nitrogens with zero attached hydrogens (tertiary/aromatic N) is 4. The van der Waals surface area contributed by atoms with Crippen molar-refractivity contribution in [2.45, 2.75) is 0 Å². The molecule has 0 N–H and O–H groups in total. The molecule has 0 saturated carbocycles. The van der Waals surface area contributed by atoms with E-state index in [0.29, 0.717) is 5.84 Å². The minimum atomic E-state index is 0.594. The Labute approximate surface area is 277 Å². The van der Waals surface area contributed by atoms with Gasteiger partial charge in [0.25, 0.3) is 0 Å². The Hall–Kier alpha value is -6.24. The van der Waals surface area contributed by atoms with Gasteiger partial charge in [-0.25, -0.2) is 0 Å². The summed E-state index contributed by atoms with van der Waals surface area (Å²) in [7, 11) is 0. The fourth-order valence-corrected chi connectivity index (χ4v) is 8.81. The molecule has 0 fully saturated rings. The van der Waals surface area contributed by atoms with E-state index < -0.39 is 0 Å². The zero-order valence-electron chi connectivity index (χ0n) is 25.5. The fourth-order valence-electron chi connectivity index (χ4n) is 7.61. The molecule has 48 heavy (non-hydrogen) atoms. The second-order valence-electron chi connectivity index (χ2n) is 12.2. The van der Waals surface area contributed by atoms with Crippen LogP contribution in [0.5, 0.6) is 0 Å². The summed E-state index contributed by atoms with van der Waals surface area (Å²) in [5.41, 5.74) is 11.4. The molecule has 11 rings (SSSR count). The smallest absolute Gasteiger partial charge is 0.307 e. The van der Waals surface area contributed by atoms with Gasteiger partial charge in [-0.15, -0.1) is 11.3 Å². The lowest BCUT2D eigenvalue weighted by molar-refractivity contribution is 0.643. The average Bonchev–Trinajstić information content (AvgIpc) is 3.89. The second-order valence-corrected chi connectivity index (χ2v) is 13.2. The van der Waals surface area contributed by atoms with Crippen LogP contribution in [-0.4, -0.2) is 18.9 Å². The van der Waals surface area contributed by atoms with Crippen molar-refractivity contribution in [3.8, 4) is 28.1 Å².